The zero-order valence-electron chi connectivity index (χ0n) is 11.9. The van der Waals surface area contributed by atoms with E-state index in [4.69, 9.17) is 0 Å². The van der Waals surface area contributed by atoms with Crippen LogP contribution in [0.4, 0.5) is 0 Å². The molecule has 1 aromatic heterocycles. The first-order valence-corrected chi connectivity index (χ1v) is 7.85. The fourth-order valence-corrected chi connectivity index (χ4v) is 3.07. The van der Waals surface area contributed by atoms with Crippen molar-refractivity contribution in [2.75, 3.05) is 13.1 Å². The number of amides is 1. The maximum absolute atomic E-state index is 12.3. The predicted octanol–water partition coefficient (Wildman–Crippen LogP) is 1.86. The molecule has 1 amide bonds. The van der Waals surface area contributed by atoms with E-state index in [1.807, 2.05) is 17.5 Å². The molecule has 21 heavy (non-hydrogen) atoms. The number of aliphatic carboxylic acids is 1. The van der Waals surface area contributed by atoms with E-state index in [-0.39, 0.29) is 12.5 Å². The number of rotatable bonds is 8. The van der Waals surface area contributed by atoms with E-state index in [2.05, 4.69) is 11.9 Å². The van der Waals surface area contributed by atoms with Crippen LogP contribution in [-0.4, -0.2) is 40.5 Å². The Labute approximate surface area is 128 Å². The van der Waals surface area contributed by atoms with Gasteiger partial charge in [-0.3, -0.25) is 14.9 Å². The van der Waals surface area contributed by atoms with Gasteiger partial charge >= 0.3 is 5.97 Å². The molecule has 0 radical (unpaired) electrons. The van der Waals surface area contributed by atoms with Crippen LogP contribution in [0.1, 0.15) is 24.1 Å². The van der Waals surface area contributed by atoms with Gasteiger partial charge < -0.3 is 10.0 Å². The van der Waals surface area contributed by atoms with Crippen molar-refractivity contribution in [2.45, 2.75) is 31.3 Å². The van der Waals surface area contributed by atoms with Gasteiger partial charge in [0.05, 0.1) is 13.1 Å². The van der Waals surface area contributed by atoms with E-state index in [1.54, 1.807) is 22.3 Å². The highest BCUT2D eigenvalue weighted by Gasteiger charge is 2.44. The van der Waals surface area contributed by atoms with Gasteiger partial charge in [-0.1, -0.05) is 12.1 Å². The molecule has 0 spiro atoms. The quantitative estimate of drug-likeness (QED) is 0.719. The number of nitrogens with one attached hydrogen (secondary N) is 1. The Morgan fingerprint density at radius 1 is 1.52 bits per heavy atom. The van der Waals surface area contributed by atoms with Crippen LogP contribution in [0.2, 0.25) is 0 Å². The average molecular weight is 308 g/mol. The van der Waals surface area contributed by atoms with E-state index in [9.17, 15) is 14.7 Å². The molecule has 0 bridgehead atoms. The highest BCUT2D eigenvalue weighted by Crippen LogP contribution is 2.31. The summed E-state index contributed by atoms with van der Waals surface area (Å²) in [6.45, 7) is 4.71. The third kappa shape index (κ3) is 3.71. The smallest absolute Gasteiger partial charge is 0.323 e. The van der Waals surface area contributed by atoms with Crippen molar-refractivity contribution in [3.8, 4) is 0 Å². The molecule has 0 atom stereocenters. The van der Waals surface area contributed by atoms with E-state index in [0.717, 1.165) is 11.3 Å². The van der Waals surface area contributed by atoms with Crippen LogP contribution in [-0.2, 0) is 16.1 Å². The number of carboxylic acids is 1. The molecule has 5 nitrogen and oxygen atoms in total. The number of thiophene rings is 1. The second-order valence-electron chi connectivity index (χ2n) is 5.24. The molecule has 1 aliphatic rings. The number of nitrogens with zero attached hydrogens (tertiary/aromatic N) is 1. The standard InChI is InChI=1S/C15H20N2O3S/c1-2-8-17(11-12-5-3-9-21-12)13(18)10-16-15(14(19)20)6-4-7-15/h2-3,5,9,16H,1,4,6-8,10-11H2,(H,19,20). The summed E-state index contributed by atoms with van der Waals surface area (Å²) in [5.41, 5.74) is -0.904. The maximum Gasteiger partial charge on any atom is 0.323 e. The van der Waals surface area contributed by atoms with Crippen molar-refractivity contribution in [3.63, 3.8) is 0 Å². The van der Waals surface area contributed by atoms with Gasteiger partial charge in [-0.2, -0.15) is 0 Å². The van der Waals surface area contributed by atoms with Crippen LogP contribution >= 0.6 is 11.3 Å². The summed E-state index contributed by atoms with van der Waals surface area (Å²) in [6, 6.07) is 3.93. The van der Waals surface area contributed by atoms with Crippen molar-refractivity contribution in [2.24, 2.45) is 0 Å². The predicted molar refractivity (Wildman–Crippen MR) is 82.2 cm³/mol. The Balaban J connectivity index is 1.92. The van der Waals surface area contributed by atoms with Gasteiger partial charge in [-0.05, 0) is 30.7 Å². The van der Waals surface area contributed by atoms with Gasteiger partial charge in [0.2, 0.25) is 5.91 Å². The fraction of sp³-hybridized carbons (Fsp3) is 0.467. The number of hydrogen-bond donors (Lipinski definition) is 2. The Kier molecular flexibility index (Phi) is 5.14. The van der Waals surface area contributed by atoms with Crippen molar-refractivity contribution < 1.29 is 14.7 Å². The van der Waals surface area contributed by atoms with Crippen molar-refractivity contribution in [1.82, 2.24) is 10.2 Å². The topological polar surface area (TPSA) is 69.6 Å². The highest BCUT2D eigenvalue weighted by atomic mass is 32.1. The minimum Gasteiger partial charge on any atom is -0.480 e. The van der Waals surface area contributed by atoms with E-state index in [0.29, 0.717) is 25.9 Å². The van der Waals surface area contributed by atoms with E-state index >= 15 is 0 Å². The molecular weight excluding hydrogens is 288 g/mol. The third-order valence-corrected chi connectivity index (χ3v) is 4.68. The summed E-state index contributed by atoms with van der Waals surface area (Å²) in [7, 11) is 0. The van der Waals surface area contributed by atoms with Gasteiger partial charge in [-0.15, -0.1) is 17.9 Å². The van der Waals surface area contributed by atoms with Crippen molar-refractivity contribution >= 4 is 23.2 Å². The van der Waals surface area contributed by atoms with Gasteiger partial charge in [-0.25, -0.2) is 0 Å². The monoisotopic (exact) mass is 308 g/mol. The molecule has 0 saturated heterocycles. The molecule has 1 heterocycles. The van der Waals surface area contributed by atoms with Crippen LogP contribution in [0.5, 0.6) is 0 Å². The molecular formula is C15H20N2O3S. The number of carbonyl (C=O) groups excluding carboxylic acids is 1. The minimum absolute atomic E-state index is 0.0471. The zero-order chi connectivity index (χ0) is 15.3. The second-order valence-corrected chi connectivity index (χ2v) is 6.27. The lowest BCUT2D eigenvalue weighted by Gasteiger charge is -2.38. The molecule has 0 aromatic carbocycles. The molecule has 2 rings (SSSR count). The normalized spacial score (nSPS) is 16.0. The van der Waals surface area contributed by atoms with Crippen LogP contribution in [0.3, 0.4) is 0 Å². The lowest BCUT2D eigenvalue weighted by atomic mass is 9.77. The van der Waals surface area contributed by atoms with Gasteiger partial charge in [0, 0.05) is 11.4 Å². The first kappa shape index (κ1) is 15.7. The van der Waals surface area contributed by atoms with Crippen LogP contribution in [0, 0.1) is 0 Å². The molecule has 6 heteroatoms. The van der Waals surface area contributed by atoms with Gasteiger partial charge in [0.15, 0.2) is 0 Å². The fourth-order valence-electron chi connectivity index (χ4n) is 2.35. The molecule has 2 N–H and O–H groups in total. The molecule has 1 fully saturated rings. The summed E-state index contributed by atoms with van der Waals surface area (Å²) in [4.78, 5) is 26.3. The summed E-state index contributed by atoms with van der Waals surface area (Å²) < 4.78 is 0. The summed E-state index contributed by atoms with van der Waals surface area (Å²) in [5.74, 6) is -0.967. The summed E-state index contributed by atoms with van der Waals surface area (Å²) in [5, 5.41) is 14.1. The lowest BCUT2D eigenvalue weighted by Crippen LogP contribution is -2.59. The largest absolute Gasteiger partial charge is 0.480 e. The van der Waals surface area contributed by atoms with E-state index < -0.39 is 11.5 Å². The maximum atomic E-state index is 12.3. The Morgan fingerprint density at radius 3 is 2.76 bits per heavy atom. The van der Waals surface area contributed by atoms with Crippen molar-refractivity contribution in [3.05, 3.63) is 35.0 Å². The van der Waals surface area contributed by atoms with E-state index in [1.165, 1.54) is 0 Å². The molecule has 1 aromatic rings. The van der Waals surface area contributed by atoms with Crippen molar-refractivity contribution in [1.29, 1.82) is 0 Å². The molecule has 0 unspecified atom stereocenters. The molecule has 1 saturated carbocycles. The van der Waals surface area contributed by atoms with Gasteiger partial charge in [0.25, 0.3) is 0 Å². The molecule has 1 aliphatic carbocycles. The summed E-state index contributed by atoms with van der Waals surface area (Å²) in [6.07, 6.45) is 3.74. The number of carboxylic acid groups (broad SMARTS) is 1. The minimum atomic E-state index is -0.904. The second kappa shape index (κ2) is 6.87. The SMILES string of the molecule is C=CCN(Cc1cccs1)C(=O)CNC1(C(=O)O)CCC1. The Hall–Kier alpha value is -1.66. The zero-order valence-corrected chi connectivity index (χ0v) is 12.7. The number of carbonyl (C=O) groups is 2. The van der Waals surface area contributed by atoms with Crippen LogP contribution in [0.25, 0.3) is 0 Å². The Bertz CT molecular complexity index is 509. The Morgan fingerprint density at radius 2 is 2.29 bits per heavy atom. The highest BCUT2D eigenvalue weighted by molar-refractivity contribution is 7.09. The third-order valence-electron chi connectivity index (χ3n) is 3.82. The lowest BCUT2D eigenvalue weighted by molar-refractivity contribution is -0.149. The number of hydrogen-bond acceptors (Lipinski definition) is 4. The summed E-state index contributed by atoms with van der Waals surface area (Å²) >= 11 is 1.60. The average Bonchev–Trinajstić information content (AvgIpc) is 2.89. The molecule has 114 valence electrons. The molecule has 0 aliphatic heterocycles. The first-order chi connectivity index (χ1) is 10.1. The van der Waals surface area contributed by atoms with Crippen LogP contribution in [0.15, 0.2) is 30.2 Å². The van der Waals surface area contributed by atoms with Crippen LogP contribution < -0.4 is 5.32 Å². The van der Waals surface area contributed by atoms with Gasteiger partial charge in [0.1, 0.15) is 5.54 Å². The first-order valence-electron chi connectivity index (χ1n) is 6.97.